The van der Waals surface area contributed by atoms with E-state index in [0.29, 0.717) is 16.3 Å². The molecule has 32 heavy (non-hydrogen) atoms. The van der Waals surface area contributed by atoms with Crippen molar-refractivity contribution in [3.05, 3.63) is 75.6 Å². The van der Waals surface area contributed by atoms with Crippen molar-refractivity contribution >= 4 is 35.2 Å². The van der Waals surface area contributed by atoms with Crippen LogP contribution in [0.25, 0.3) is 6.08 Å². The van der Waals surface area contributed by atoms with Crippen LogP contribution in [0.3, 0.4) is 0 Å². The second-order valence-corrected chi connectivity index (χ2v) is 7.38. The Morgan fingerprint density at radius 3 is 2.69 bits per heavy atom. The zero-order chi connectivity index (χ0) is 23.5. The highest BCUT2D eigenvalue weighted by atomic mass is 35.5. The highest BCUT2D eigenvalue weighted by Gasteiger charge is 2.28. The fourth-order valence-electron chi connectivity index (χ4n) is 2.84. The molecule has 2 aromatic carbocycles. The number of nitrogens with one attached hydrogen (secondary N) is 2. The number of hydrogen-bond donors (Lipinski definition) is 2. The minimum absolute atomic E-state index is 0.0305. The molecule has 0 aromatic heterocycles. The summed E-state index contributed by atoms with van der Waals surface area (Å²) in [7, 11) is 0. The van der Waals surface area contributed by atoms with E-state index in [1.165, 1.54) is 19.1 Å². The summed E-state index contributed by atoms with van der Waals surface area (Å²) in [6.07, 6.45) is -0.113. The Bertz CT molecular complexity index is 1130. The van der Waals surface area contributed by atoms with Crippen LogP contribution in [0.15, 0.2) is 48.1 Å². The minimum atomic E-state index is -4.61. The number of rotatable bonds is 5. The molecule has 0 spiro atoms. The topological polar surface area (TPSA) is 67.4 Å². The van der Waals surface area contributed by atoms with Crippen molar-refractivity contribution in [2.75, 3.05) is 18.5 Å². The second-order valence-electron chi connectivity index (χ2n) is 6.94. The summed E-state index contributed by atoms with van der Waals surface area (Å²) in [6, 6.07) is 7.06. The number of anilines is 1. The average Bonchev–Trinajstić information content (AvgIpc) is 2.72. The van der Waals surface area contributed by atoms with Crippen LogP contribution >= 0.6 is 11.6 Å². The SMILES string of the molecule is Cc1c(F)cc(C(=O)NCC(F)(F)F)cc1NC(=O)C=CC1=Cc2cc(Cl)ccc2OC1. The van der Waals surface area contributed by atoms with Crippen LogP contribution < -0.4 is 15.4 Å². The standard InChI is InChI=1S/C22H17ClF4N2O3/c1-12-17(24)8-15(21(31)28-11-22(25,26)27)9-18(12)29-20(30)5-2-13-6-14-7-16(23)3-4-19(14)32-10-13/h2-9H,10-11H2,1H3,(H,28,31)(H,29,30). The summed E-state index contributed by atoms with van der Waals surface area (Å²) < 4.78 is 56.6. The first kappa shape index (κ1) is 23.3. The molecule has 3 rings (SSSR count). The molecule has 0 radical (unpaired) electrons. The zero-order valence-electron chi connectivity index (χ0n) is 16.6. The molecule has 0 saturated carbocycles. The lowest BCUT2D eigenvalue weighted by atomic mass is 10.1. The number of halogens is 5. The van der Waals surface area contributed by atoms with Gasteiger partial charge in [0.1, 0.15) is 24.7 Å². The number of carbonyl (C=O) groups excluding carboxylic acids is 2. The van der Waals surface area contributed by atoms with Crippen LogP contribution in [0.2, 0.25) is 5.02 Å². The van der Waals surface area contributed by atoms with Gasteiger partial charge in [-0.25, -0.2) is 4.39 Å². The molecule has 168 valence electrons. The second kappa shape index (κ2) is 9.44. The van der Waals surface area contributed by atoms with Crippen LogP contribution in [0.5, 0.6) is 5.75 Å². The first-order valence-electron chi connectivity index (χ1n) is 9.29. The number of alkyl halides is 3. The van der Waals surface area contributed by atoms with Gasteiger partial charge in [-0.2, -0.15) is 13.2 Å². The van der Waals surface area contributed by atoms with Crippen molar-refractivity contribution in [2.45, 2.75) is 13.1 Å². The van der Waals surface area contributed by atoms with E-state index in [2.05, 4.69) is 5.32 Å². The Balaban J connectivity index is 1.72. The van der Waals surface area contributed by atoms with Gasteiger partial charge >= 0.3 is 6.18 Å². The normalized spacial score (nSPS) is 13.2. The summed E-state index contributed by atoms with van der Waals surface area (Å²) in [6.45, 7) is 0.0302. The number of hydrogen-bond acceptors (Lipinski definition) is 3. The first-order chi connectivity index (χ1) is 15.0. The lowest BCUT2D eigenvalue weighted by molar-refractivity contribution is -0.123. The highest BCUT2D eigenvalue weighted by Crippen LogP contribution is 2.29. The molecule has 0 fully saturated rings. The lowest BCUT2D eigenvalue weighted by Gasteiger charge is -2.16. The van der Waals surface area contributed by atoms with Gasteiger partial charge in [0.15, 0.2) is 0 Å². The number of benzene rings is 2. The quantitative estimate of drug-likeness (QED) is 0.476. The van der Waals surface area contributed by atoms with Crippen LogP contribution in [0.1, 0.15) is 21.5 Å². The Hall–Kier alpha value is -3.33. The number of ether oxygens (including phenoxy) is 1. The summed E-state index contributed by atoms with van der Waals surface area (Å²) in [5.74, 6) is -1.93. The Kier molecular flexibility index (Phi) is 6.88. The van der Waals surface area contributed by atoms with Crippen LogP contribution in [0.4, 0.5) is 23.2 Å². The number of fused-ring (bicyclic) bond motifs is 1. The lowest BCUT2D eigenvalue weighted by Crippen LogP contribution is -2.33. The van der Waals surface area contributed by atoms with Crippen molar-refractivity contribution in [2.24, 2.45) is 0 Å². The molecular formula is C22H17ClF4N2O3. The summed E-state index contributed by atoms with van der Waals surface area (Å²) in [5, 5.41) is 4.62. The van der Waals surface area contributed by atoms with Crippen LogP contribution in [-0.2, 0) is 4.79 Å². The van der Waals surface area contributed by atoms with Gasteiger partial charge in [0.05, 0.1) is 0 Å². The minimum Gasteiger partial charge on any atom is -0.488 e. The van der Waals surface area contributed by atoms with Gasteiger partial charge < -0.3 is 15.4 Å². The van der Waals surface area contributed by atoms with Gasteiger partial charge in [-0.15, -0.1) is 0 Å². The van der Waals surface area contributed by atoms with Crippen LogP contribution in [-0.4, -0.2) is 31.1 Å². The average molecular weight is 469 g/mol. The number of carbonyl (C=O) groups is 2. The monoisotopic (exact) mass is 468 g/mol. The first-order valence-corrected chi connectivity index (χ1v) is 9.67. The number of amides is 2. The van der Waals surface area contributed by atoms with Crippen molar-refractivity contribution in [1.29, 1.82) is 0 Å². The molecule has 0 unspecified atom stereocenters. The van der Waals surface area contributed by atoms with Gasteiger partial charge in [0.2, 0.25) is 5.91 Å². The molecule has 10 heteroatoms. The summed E-state index contributed by atoms with van der Waals surface area (Å²) in [4.78, 5) is 24.2. The molecule has 5 nitrogen and oxygen atoms in total. The van der Waals surface area contributed by atoms with Gasteiger partial charge in [0.25, 0.3) is 5.91 Å². The van der Waals surface area contributed by atoms with Crippen LogP contribution in [0, 0.1) is 12.7 Å². The molecule has 0 atom stereocenters. The smallest absolute Gasteiger partial charge is 0.405 e. The van der Waals surface area contributed by atoms with Gasteiger partial charge in [-0.3, -0.25) is 9.59 Å². The largest absolute Gasteiger partial charge is 0.488 e. The van der Waals surface area contributed by atoms with E-state index in [1.54, 1.807) is 29.6 Å². The molecule has 1 aliphatic rings. The maximum atomic E-state index is 14.2. The molecule has 0 saturated heterocycles. The van der Waals surface area contributed by atoms with Crippen molar-refractivity contribution in [3.63, 3.8) is 0 Å². The van der Waals surface area contributed by atoms with Crippen molar-refractivity contribution in [3.8, 4) is 5.75 Å². The fraction of sp³-hybridized carbons (Fsp3) is 0.182. The van der Waals surface area contributed by atoms with E-state index >= 15 is 0 Å². The van der Waals surface area contributed by atoms with E-state index in [1.807, 2.05) is 0 Å². The molecule has 1 heterocycles. The highest BCUT2D eigenvalue weighted by molar-refractivity contribution is 6.30. The summed E-state index contributed by atoms with van der Waals surface area (Å²) >= 11 is 5.97. The van der Waals surface area contributed by atoms with Gasteiger partial charge in [0, 0.05) is 33.5 Å². The Morgan fingerprint density at radius 2 is 1.97 bits per heavy atom. The predicted octanol–water partition coefficient (Wildman–Crippen LogP) is 5.05. The third-order valence-electron chi connectivity index (χ3n) is 4.47. The molecular weight excluding hydrogens is 452 g/mol. The third-order valence-corrected chi connectivity index (χ3v) is 4.70. The van der Waals surface area contributed by atoms with Crippen molar-refractivity contribution in [1.82, 2.24) is 5.32 Å². The van der Waals surface area contributed by atoms with E-state index in [9.17, 15) is 27.2 Å². The molecule has 0 bridgehead atoms. The fourth-order valence-corrected chi connectivity index (χ4v) is 3.02. The van der Waals surface area contributed by atoms with Crippen molar-refractivity contribution < 1.29 is 31.9 Å². The zero-order valence-corrected chi connectivity index (χ0v) is 17.4. The van der Waals surface area contributed by atoms with Gasteiger partial charge in [-0.05, 0) is 48.9 Å². The third kappa shape index (κ3) is 6.10. The molecule has 2 amide bonds. The molecule has 0 aliphatic carbocycles. The predicted molar refractivity (Wildman–Crippen MR) is 112 cm³/mol. The Morgan fingerprint density at radius 1 is 1.22 bits per heavy atom. The molecule has 2 N–H and O–H groups in total. The maximum Gasteiger partial charge on any atom is 0.405 e. The molecule has 1 aliphatic heterocycles. The summed E-state index contributed by atoms with van der Waals surface area (Å²) in [5.41, 5.74) is 1.07. The van der Waals surface area contributed by atoms with Gasteiger partial charge in [-0.1, -0.05) is 17.7 Å². The molecule has 2 aromatic rings. The van der Waals surface area contributed by atoms with E-state index in [-0.39, 0.29) is 23.4 Å². The van der Waals surface area contributed by atoms with E-state index in [4.69, 9.17) is 16.3 Å². The maximum absolute atomic E-state index is 14.2. The van der Waals surface area contributed by atoms with E-state index in [0.717, 1.165) is 17.7 Å². The Labute approximate surface area is 185 Å². The van der Waals surface area contributed by atoms with E-state index < -0.39 is 30.4 Å².